The highest BCUT2D eigenvalue weighted by Gasteiger charge is 2.19. The lowest BCUT2D eigenvalue weighted by atomic mass is 10.1. The van der Waals surface area contributed by atoms with E-state index in [0.717, 1.165) is 34.8 Å². The van der Waals surface area contributed by atoms with Crippen LogP contribution in [0.15, 0.2) is 35.7 Å². The van der Waals surface area contributed by atoms with E-state index >= 15 is 0 Å². The van der Waals surface area contributed by atoms with Crippen molar-refractivity contribution in [3.05, 3.63) is 46.2 Å². The molecule has 0 bridgehead atoms. The number of carbonyl (C=O) groups excluding carboxylic acids is 1. The quantitative estimate of drug-likeness (QED) is 0.834. The van der Waals surface area contributed by atoms with Crippen molar-refractivity contribution in [1.29, 1.82) is 0 Å². The minimum atomic E-state index is -0.103. The molecule has 0 radical (unpaired) electrons. The fourth-order valence-corrected chi connectivity index (χ4v) is 3.62. The van der Waals surface area contributed by atoms with Gasteiger partial charge in [0, 0.05) is 0 Å². The first-order chi connectivity index (χ1) is 11.7. The minimum absolute atomic E-state index is 0.0530. The highest BCUT2D eigenvalue weighted by atomic mass is 32.1. The Kier molecular flexibility index (Phi) is 5.41. The van der Waals surface area contributed by atoms with Crippen molar-refractivity contribution in [2.24, 2.45) is 0 Å². The van der Waals surface area contributed by atoms with Crippen molar-refractivity contribution in [3.8, 4) is 11.5 Å². The van der Waals surface area contributed by atoms with E-state index < -0.39 is 0 Å². The molecule has 24 heavy (non-hydrogen) atoms. The molecule has 128 valence electrons. The molecule has 1 N–H and O–H groups in total. The number of hydrogen-bond acceptors (Lipinski definition) is 4. The van der Waals surface area contributed by atoms with E-state index in [-0.39, 0.29) is 11.9 Å². The van der Waals surface area contributed by atoms with Gasteiger partial charge in [0.05, 0.1) is 24.1 Å². The van der Waals surface area contributed by atoms with Gasteiger partial charge < -0.3 is 14.8 Å². The SMILES string of the molecule is COc1cc([C@H](C)NC(=O)c2cccs2)ccc1OC1CCCC1. The van der Waals surface area contributed by atoms with Crippen LogP contribution in [-0.4, -0.2) is 19.1 Å². The first kappa shape index (κ1) is 16.8. The average Bonchev–Trinajstić information content (AvgIpc) is 3.28. The van der Waals surface area contributed by atoms with E-state index in [1.165, 1.54) is 24.2 Å². The van der Waals surface area contributed by atoms with Gasteiger partial charge in [0.25, 0.3) is 5.91 Å². The van der Waals surface area contributed by atoms with E-state index in [0.29, 0.717) is 6.10 Å². The van der Waals surface area contributed by atoms with Crippen LogP contribution in [0.25, 0.3) is 0 Å². The van der Waals surface area contributed by atoms with Crippen molar-refractivity contribution in [2.45, 2.75) is 44.8 Å². The van der Waals surface area contributed by atoms with E-state index in [4.69, 9.17) is 9.47 Å². The molecule has 0 spiro atoms. The molecular formula is C19H23NO3S. The van der Waals surface area contributed by atoms with Crippen LogP contribution in [-0.2, 0) is 0 Å². The summed E-state index contributed by atoms with van der Waals surface area (Å²) in [6, 6.07) is 9.48. The Balaban J connectivity index is 1.69. The highest BCUT2D eigenvalue weighted by molar-refractivity contribution is 7.12. The molecule has 1 saturated carbocycles. The van der Waals surface area contributed by atoms with Crippen molar-refractivity contribution in [3.63, 3.8) is 0 Å². The molecule has 1 aliphatic rings. The van der Waals surface area contributed by atoms with Gasteiger partial charge in [-0.1, -0.05) is 12.1 Å². The van der Waals surface area contributed by atoms with E-state index in [1.54, 1.807) is 7.11 Å². The standard InChI is InChI=1S/C19H23NO3S/c1-13(20-19(21)18-8-5-11-24-18)14-9-10-16(17(12-14)22-2)23-15-6-3-4-7-15/h5,8-13,15H,3-4,6-7H2,1-2H3,(H,20,21)/t13-/m0/s1. The minimum Gasteiger partial charge on any atom is -0.493 e. The fourth-order valence-electron chi connectivity index (χ4n) is 3.00. The van der Waals surface area contributed by atoms with E-state index in [2.05, 4.69) is 5.32 Å². The molecule has 0 saturated heterocycles. The summed E-state index contributed by atoms with van der Waals surface area (Å²) in [5.74, 6) is 1.45. The third-order valence-electron chi connectivity index (χ3n) is 4.38. The zero-order chi connectivity index (χ0) is 16.9. The summed E-state index contributed by atoms with van der Waals surface area (Å²) in [4.78, 5) is 12.9. The number of methoxy groups -OCH3 is 1. The van der Waals surface area contributed by atoms with Crippen molar-refractivity contribution in [2.75, 3.05) is 7.11 Å². The van der Waals surface area contributed by atoms with Gasteiger partial charge in [-0.05, 0) is 61.7 Å². The summed E-state index contributed by atoms with van der Waals surface area (Å²) < 4.78 is 11.5. The zero-order valence-electron chi connectivity index (χ0n) is 14.1. The Morgan fingerprint density at radius 3 is 2.71 bits per heavy atom. The average molecular weight is 345 g/mol. The fraction of sp³-hybridized carbons (Fsp3) is 0.421. The Morgan fingerprint density at radius 1 is 1.25 bits per heavy atom. The lowest BCUT2D eigenvalue weighted by Gasteiger charge is -2.19. The highest BCUT2D eigenvalue weighted by Crippen LogP contribution is 2.33. The molecule has 1 fully saturated rings. The van der Waals surface area contributed by atoms with Gasteiger partial charge >= 0.3 is 0 Å². The second-order valence-corrected chi connectivity index (χ2v) is 7.05. The maximum Gasteiger partial charge on any atom is 0.261 e. The molecule has 1 amide bonds. The molecule has 1 heterocycles. The predicted molar refractivity (Wildman–Crippen MR) is 96.1 cm³/mol. The van der Waals surface area contributed by atoms with E-state index in [1.807, 2.05) is 42.6 Å². The zero-order valence-corrected chi connectivity index (χ0v) is 14.9. The predicted octanol–water partition coefficient (Wildman–Crippen LogP) is 4.57. The maximum atomic E-state index is 12.2. The number of nitrogens with one attached hydrogen (secondary N) is 1. The molecule has 1 aliphatic carbocycles. The van der Waals surface area contributed by atoms with Crippen LogP contribution in [0.1, 0.15) is 53.9 Å². The topological polar surface area (TPSA) is 47.6 Å². The monoisotopic (exact) mass is 345 g/mol. The van der Waals surface area contributed by atoms with Gasteiger partial charge in [-0.25, -0.2) is 0 Å². The summed E-state index contributed by atoms with van der Waals surface area (Å²) in [6.45, 7) is 1.97. The first-order valence-electron chi connectivity index (χ1n) is 8.36. The summed E-state index contributed by atoms with van der Waals surface area (Å²) >= 11 is 1.44. The second-order valence-electron chi connectivity index (χ2n) is 6.11. The molecule has 5 heteroatoms. The Labute approximate surface area is 146 Å². The number of benzene rings is 1. The van der Waals surface area contributed by atoms with Gasteiger partial charge in [-0.2, -0.15) is 0 Å². The van der Waals surface area contributed by atoms with Gasteiger partial charge in [-0.15, -0.1) is 11.3 Å². The Bertz CT molecular complexity index is 678. The molecule has 1 aromatic heterocycles. The number of thiophene rings is 1. The van der Waals surface area contributed by atoms with Crippen LogP contribution in [0, 0.1) is 0 Å². The van der Waals surface area contributed by atoms with Crippen LogP contribution in [0.3, 0.4) is 0 Å². The number of amides is 1. The number of carbonyl (C=O) groups is 1. The summed E-state index contributed by atoms with van der Waals surface area (Å²) in [5, 5.41) is 4.92. The van der Waals surface area contributed by atoms with Gasteiger partial charge in [0.15, 0.2) is 11.5 Å². The molecule has 2 aromatic rings. The van der Waals surface area contributed by atoms with Crippen molar-refractivity contribution >= 4 is 17.2 Å². The molecule has 0 unspecified atom stereocenters. The van der Waals surface area contributed by atoms with Crippen LogP contribution in [0.5, 0.6) is 11.5 Å². The molecule has 0 aliphatic heterocycles. The first-order valence-corrected chi connectivity index (χ1v) is 9.24. The smallest absolute Gasteiger partial charge is 0.261 e. The largest absolute Gasteiger partial charge is 0.493 e. The summed E-state index contributed by atoms with van der Waals surface area (Å²) in [5.41, 5.74) is 0.996. The summed E-state index contributed by atoms with van der Waals surface area (Å²) in [6.07, 6.45) is 4.98. The molecular weight excluding hydrogens is 322 g/mol. The van der Waals surface area contributed by atoms with Gasteiger partial charge in [0.2, 0.25) is 0 Å². The maximum absolute atomic E-state index is 12.2. The molecule has 4 nitrogen and oxygen atoms in total. The van der Waals surface area contributed by atoms with Crippen LogP contribution in [0.2, 0.25) is 0 Å². The number of hydrogen-bond donors (Lipinski definition) is 1. The second kappa shape index (κ2) is 7.71. The lowest BCUT2D eigenvalue weighted by Crippen LogP contribution is -2.25. The Morgan fingerprint density at radius 2 is 2.04 bits per heavy atom. The number of ether oxygens (including phenoxy) is 2. The van der Waals surface area contributed by atoms with Crippen LogP contribution >= 0.6 is 11.3 Å². The van der Waals surface area contributed by atoms with Crippen LogP contribution in [0.4, 0.5) is 0 Å². The van der Waals surface area contributed by atoms with E-state index in [9.17, 15) is 4.79 Å². The number of rotatable bonds is 6. The van der Waals surface area contributed by atoms with Crippen molar-refractivity contribution in [1.82, 2.24) is 5.32 Å². The van der Waals surface area contributed by atoms with Crippen LogP contribution < -0.4 is 14.8 Å². The van der Waals surface area contributed by atoms with Gasteiger partial charge in [0.1, 0.15) is 0 Å². The lowest BCUT2D eigenvalue weighted by molar-refractivity contribution is 0.0944. The molecule has 1 aromatic carbocycles. The van der Waals surface area contributed by atoms with Crippen molar-refractivity contribution < 1.29 is 14.3 Å². The molecule has 3 rings (SSSR count). The Hall–Kier alpha value is -2.01. The van der Waals surface area contributed by atoms with Gasteiger partial charge in [-0.3, -0.25) is 4.79 Å². The third-order valence-corrected chi connectivity index (χ3v) is 5.24. The third kappa shape index (κ3) is 3.90. The normalized spacial score (nSPS) is 15.9. The molecule has 1 atom stereocenters. The summed E-state index contributed by atoms with van der Waals surface area (Å²) in [7, 11) is 1.65.